The van der Waals surface area contributed by atoms with Crippen LogP contribution in [0.5, 0.6) is 5.75 Å². The van der Waals surface area contributed by atoms with E-state index in [0.29, 0.717) is 30.2 Å². The van der Waals surface area contributed by atoms with E-state index in [9.17, 15) is 22.0 Å². The summed E-state index contributed by atoms with van der Waals surface area (Å²) in [5.74, 6) is 1.36. The van der Waals surface area contributed by atoms with Gasteiger partial charge in [-0.1, -0.05) is 0 Å². The van der Waals surface area contributed by atoms with E-state index in [1.54, 1.807) is 12.3 Å². The Morgan fingerprint density at radius 2 is 1.95 bits per heavy atom. The number of hydrogen-bond donors (Lipinski definition) is 1. The van der Waals surface area contributed by atoms with Crippen LogP contribution >= 0.6 is 0 Å². The van der Waals surface area contributed by atoms with Gasteiger partial charge in [-0.3, -0.25) is 9.78 Å². The number of nitrogens with zero attached hydrogens (tertiary/aromatic N) is 4. The fourth-order valence-corrected chi connectivity index (χ4v) is 7.97. The van der Waals surface area contributed by atoms with Crippen molar-refractivity contribution in [2.24, 2.45) is 5.92 Å². The minimum absolute atomic E-state index is 0.0334. The summed E-state index contributed by atoms with van der Waals surface area (Å²) in [5, 5.41) is 3.43. The molecule has 0 spiro atoms. The number of fused-ring (bicyclic) bond motifs is 3. The first kappa shape index (κ1) is 27.3. The van der Waals surface area contributed by atoms with Crippen LogP contribution in [0.2, 0.25) is 0 Å². The molecule has 0 saturated heterocycles. The molecule has 3 aliphatic carbocycles. The minimum Gasteiger partial charge on any atom is -0.488 e. The van der Waals surface area contributed by atoms with Crippen LogP contribution in [0.1, 0.15) is 46.4 Å². The van der Waals surface area contributed by atoms with Gasteiger partial charge in [-0.25, -0.2) is 27.2 Å². The number of carbonyl (C=O) groups is 1. The summed E-state index contributed by atoms with van der Waals surface area (Å²) in [6.07, 6.45) is 7.33. The largest absolute Gasteiger partial charge is 0.488 e. The van der Waals surface area contributed by atoms with Gasteiger partial charge in [0.1, 0.15) is 18.2 Å². The number of amides is 1. The summed E-state index contributed by atoms with van der Waals surface area (Å²) in [6, 6.07) is 9.60. The van der Waals surface area contributed by atoms with Gasteiger partial charge in [0.15, 0.2) is 11.6 Å². The zero-order valence-electron chi connectivity index (χ0n) is 23.4. The van der Waals surface area contributed by atoms with Crippen LogP contribution < -0.4 is 15.0 Å². The van der Waals surface area contributed by atoms with Crippen molar-refractivity contribution in [1.82, 2.24) is 20.3 Å². The Balaban J connectivity index is 1.02. The Hall–Kier alpha value is -4.23. The number of rotatable bonds is 5. The van der Waals surface area contributed by atoms with Crippen molar-refractivity contribution < 1.29 is 31.5 Å². The lowest BCUT2D eigenvalue weighted by molar-refractivity contribution is -0.0278. The number of anilines is 2. The van der Waals surface area contributed by atoms with Crippen molar-refractivity contribution in [1.29, 1.82) is 0 Å². The molecule has 5 aliphatic rings. The predicted molar refractivity (Wildman–Crippen MR) is 155 cm³/mol. The minimum atomic E-state index is -4.51. The Morgan fingerprint density at radius 1 is 1.11 bits per heavy atom. The number of aromatic nitrogens is 3. The molecule has 44 heavy (non-hydrogen) atoms. The number of nitrogens with one attached hydrogen (secondary N) is 1. The summed E-state index contributed by atoms with van der Waals surface area (Å²) >= 11 is 0. The van der Waals surface area contributed by atoms with E-state index in [1.165, 1.54) is 24.8 Å². The Labute approximate surface area is 251 Å². The lowest BCUT2D eigenvalue weighted by Crippen LogP contribution is -2.55. The smallest absolute Gasteiger partial charge is 0.251 e. The van der Waals surface area contributed by atoms with Crippen LogP contribution in [0.3, 0.4) is 0 Å². The molecule has 0 unspecified atom stereocenters. The second kappa shape index (κ2) is 9.89. The fourth-order valence-electron chi connectivity index (χ4n) is 6.63. The maximum absolute atomic E-state index is 14.8. The van der Waals surface area contributed by atoms with Crippen LogP contribution in [0.4, 0.5) is 20.4 Å². The number of sulfone groups is 1. The molecule has 1 aromatic carbocycles. The first-order chi connectivity index (χ1) is 21.2. The van der Waals surface area contributed by atoms with E-state index in [4.69, 9.17) is 19.4 Å². The number of alkyl halides is 1. The number of carbonyl (C=O) groups excluding carboxylic acids is 1. The highest BCUT2D eigenvalue weighted by molar-refractivity contribution is 7.92. The molecule has 226 valence electrons. The van der Waals surface area contributed by atoms with Crippen molar-refractivity contribution in [3.05, 3.63) is 77.0 Å². The molecule has 9 rings (SSSR count). The summed E-state index contributed by atoms with van der Waals surface area (Å²) < 4.78 is 65.0. The summed E-state index contributed by atoms with van der Waals surface area (Å²) in [7, 11) is -4.51. The molecule has 10 nitrogen and oxygen atoms in total. The fraction of sp³-hybridized carbons (Fsp3) is 0.355. The van der Waals surface area contributed by atoms with Crippen molar-refractivity contribution in [3.63, 3.8) is 0 Å². The molecular weight excluding hydrogens is 592 g/mol. The highest BCUT2D eigenvalue weighted by Gasteiger charge is 2.57. The van der Waals surface area contributed by atoms with Gasteiger partial charge < -0.3 is 19.7 Å². The zero-order valence-corrected chi connectivity index (χ0v) is 24.2. The molecule has 1 atom stereocenters. The second-order valence-electron chi connectivity index (χ2n) is 11.9. The number of halogens is 2. The molecule has 3 fully saturated rings. The summed E-state index contributed by atoms with van der Waals surface area (Å²) in [6.45, 7) is -0.0643. The third-order valence-electron chi connectivity index (χ3n) is 9.19. The number of hydrogen-bond acceptors (Lipinski definition) is 9. The average Bonchev–Trinajstić information content (AvgIpc) is 3.08. The molecule has 0 radical (unpaired) electrons. The van der Waals surface area contributed by atoms with Crippen LogP contribution in [0.15, 0.2) is 53.7 Å². The third kappa shape index (κ3) is 4.32. The van der Waals surface area contributed by atoms with Crippen molar-refractivity contribution in [3.8, 4) is 5.75 Å². The molecule has 4 aromatic rings. The van der Waals surface area contributed by atoms with Crippen molar-refractivity contribution >= 4 is 38.3 Å². The normalized spacial score (nSPS) is 24.6. The lowest BCUT2D eigenvalue weighted by atomic mass is 9.42. The third-order valence-corrected chi connectivity index (χ3v) is 11.0. The molecule has 3 saturated carbocycles. The number of ether oxygens (including phenoxy) is 2. The van der Waals surface area contributed by atoms with Crippen molar-refractivity contribution in [2.75, 3.05) is 24.7 Å². The van der Waals surface area contributed by atoms with Gasteiger partial charge in [-0.15, -0.1) is 0 Å². The zero-order chi connectivity index (χ0) is 30.2. The van der Waals surface area contributed by atoms with Gasteiger partial charge in [0.25, 0.3) is 5.91 Å². The molecule has 3 aromatic heterocycles. The van der Waals surface area contributed by atoms with E-state index < -0.39 is 45.2 Å². The maximum atomic E-state index is 14.8. The quantitative estimate of drug-likeness (QED) is 0.349. The van der Waals surface area contributed by atoms with E-state index in [0.717, 1.165) is 35.0 Å². The molecule has 2 aliphatic heterocycles. The predicted octanol–water partition coefficient (Wildman–Crippen LogP) is 4.28. The van der Waals surface area contributed by atoms with Gasteiger partial charge in [0.2, 0.25) is 15.3 Å². The number of pyridine rings is 3. The first-order valence-corrected chi connectivity index (χ1v) is 16.0. The average molecular weight is 620 g/mol. The summed E-state index contributed by atoms with van der Waals surface area (Å²) in [5.41, 5.74) is -0.229. The molecule has 2 bridgehead atoms. The van der Waals surface area contributed by atoms with Gasteiger partial charge in [-0.05, 0) is 72.6 Å². The van der Waals surface area contributed by atoms with Crippen LogP contribution in [0, 0.1) is 11.7 Å². The Kier molecular flexibility index (Phi) is 6.14. The van der Waals surface area contributed by atoms with E-state index in [1.807, 2.05) is 23.2 Å². The van der Waals surface area contributed by atoms with Gasteiger partial charge in [-0.2, -0.15) is 0 Å². The highest BCUT2D eigenvalue weighted by Crippen LogP contribution is 2.65. The van der Waals surface area contributed by atoms with Gasteiger partial charge >= 0.3 is 0 Å². The lowest BCUT2D eigenvalue weighted by Gasteiger charge is -2.62. The van der Waals surface area contributed by atoms with E-state index in [-0.39, 0.29) is 23.1 Å². The topological polar surface area (TPSA) is 124 Å². The van der Waals surface area contributed by atoms with Crippen LogP contribution in [0.25, 0.3) is 10.9 Å². The van der Waals surface area contributed by atoms with Crippen LogP contribution in [-0.2, 0) is 33.1 Å². The first-order valence-electron chi connectivity index (χ1n) is 14.4. The second-order valence-corrected chi connectivity index (χ2v) is 14.0. The number of benzene rings is 1. The Bertz CT molecular complexity index is 1960. The molecule has 1 N–H and O–H groups in total. The van der Waals surface area contributed by atoms with E-state index in [2.05, 4.69) is 16.4 Å². The SMILES string of the molecule is O=C(NCc1cc2nc(N3CCOc4cc(C56CC(C5)C6)cnc43)ccc2cn1)c1cc(F)c2c(c1)S(=O)(=O)[C@@H](F)COC2. The van der Waals surface area contributed by atoms with E-state index >= 15 is 0 Å². The summed E-state index contributed by atoms with van der Waals surface area (Å²) in [4.78, 5) is 28.4. The van der Waals surface area contributed by atoms with Gasteiger partial charge in [0, 0.05) is 28.9 Å². The van der Waals surface area contributed by atoms with Crippen molar-refractivity contribution in [2.45, 2.75) is 48.2 Å². The molecule has 13 heteroatoms. The molecule has 1 amide bonds. The highest BCUT2D eigenvalue weighted by atomic mass is 32.2. The molecule has 5 heterocycles. The Morgan fingerprint density at radius 3 is 2.75 bits per heavy atom. The van der Waals surface area contributed by atoms with Gasteiger partial charge in [0.05, 0.1) is 42.4 Å². The molecular formula is C31H27F2N5O5S. The monoisotopic (exact) mass is 619 g/mol. The maximum Gasteiger partial charge on any atom is 0.251 e. The van der Waals surface area contributed by atoms with Crippen LogP contribution in [-0.4, -0.2) is 54.5 Å². The standard InChI is InChI=1S/C31H27F2N5O5S/c32-23-5-19(6-26-22(23)15-42-16-27(33)44(26,40)41)30(39)36-14-21-8-24-18(12-34-21)1-2-28(37-24)38-3-4-43-25-7-20(13-35-29(25)38)31-9-17(10-31)11-31/h1-2,5-8,12-13,17,27H,3-4,9-11,14-16H2,(H,36,39)/t17?,27-,31?/m1/s1.